The number of carbonyl (C=O) groups excluding carboxylic acids is 1. The summed E-state index contributed by atoms with van der Waals surface area (Å²) in [4.78, 5) is 16.3. The van der Waals surface area contributed by atoms with Crippen LogP contribution >= 0.6 is 11.3 Å². The zero-order chi connectivity index (χ0) is 19.4. The molecule has 2 heterocycles. The van der Waals surface area contributed by atoms with Gasteiger partial charge in [-0.1, -0.05) is 46.8 Å². The number of aromatic nitrogens is 2. The Balaban J connectivity index is 1.71. The van der Waals surface area contributed by atoms with Gasteiger partial charge in [-0.15, -0.1) is 0 Å². The Bertz CT molecular complexity index is 916. The standard InChI is InChI=1S/C20H23N3O3S/c1-12(2)21-20(24)25-19-13(3)22-17(27-19)11-10-16-14(4)26-23-18(16)15-8-6-5-7-9-15/h5-9,12H,10-11H2,1-4H3,(H,21,24). The van der Waals surface area contributed by atoms with Crippen molar-refractivity contribution in [3.05, 3.63) is 52.4 Å². The second-order valence-electron chi connectivity index (χ2n) is 6.60. The molecular weight excluding hydrogens is 362 g/mol. The van der Waals surface area contributed by atoms with E-state index in [1.54, 1.807) is 0 Å². The lowest BCUT2D eigenvalue weighted by Crippen LogP contribution is -2.32. The molecule has 2 aromatic heterocycles. The van der Waals surface area contributed by atoms with E-state index in [4.69, 9.17) is 9.26 Å². The van der Waals surface area contributed by atoms with Gasteiger partial charge in [-0.3, -0.25) is 0 Å². The molecule has 6 nitrogen and oxygen atoms in total. The molecule has 0 atom stereocenters. The molecule has 0 bridgehead atoms. The molecule has 7 heteroatoms. The van der Waals surface area contributed by atoms with Crippen LogP contribution in [-0.2, 0) is 12.8 Å². The molecule has 0 aliphatic rings. The number of benzene rings is 1. The van der Waals surface area contributed by atoms with Crippen LogP contribution in [0.3, 0.4) is 0 Å². The molecule has 0 saturated carbocycles. The van der Waals surface area contributed by atoms with E-state index >= 15 is 0 Å². The van der Waals surface area contributed by atoms with Crippen LogP contribution in [0.2, 0.25) is 0 Å². The molecule has 0 fully saturated rings. The number of hydrogen-bond acceptors (Lipinski definition) is 6. The monoisotopic (exact) mass is 385 g/mol. The van der Waals surface area contributed by atoms with Crippen LogP contribution in [0.5, 0.6) is 5.06 Å². The van der Waals surface area contributed by atoms with Gasteiger partial charge in [-0.2, -0.15) is 0 Å². The van der Waals surface area contributed by atoms with E-state index < -0.39 is 6.09 Å². The van der Waals surface area contributed by atoms with Crippen LogP contribution in [0, 0.1) is 13.8 Å². The fourth-order valence-corrected chi connectivity index (χ4v) is 3.64. The smallest absolute Gasteiger partial charge is 0.397 e. The van der Waals surface area contributed by atoms with Gasteiger partial charge in [0.25, 0.3) is 0 Å². The number of rotatable bonds is 6. The quantitative estimate of drug-likeness (QED) is 0.666. The largest absolute Gasteiger partial charge is 0.413 e. The third-order valence-corrected chi connectivity index (χ3v) is 5.11. The Kier molecular flexibility index (Phi) is 5.91. The highest BCUT2D eigenvalue weighted by Crippen LogP contribution is 2.30. The van der Waals surface area contributed by atoms with Gasteiger partial charge in [0.15, 0.2) is 0 Å². The van der Waals surface area contributed by atoms with Crippen molar-refractivity contribution in [2.75, 3.05) is 0 Å². The van der Waals surface area contributed by atoms with Crippen molar-refractivity contribution >= 4 is 17.4 Å². The van der Waals surface area contributed by atoms with Crippen molar-refractivity contribution < 1.29 is 14.1 Å². The van der Waals surface area contributed by atoms with E-state index in [2.05, 4.69) is 15.5 Å². The summed E-state index contributed by atoms with van der Waals surface area (Å²) in [5.41, 5.74) is 3.71. The highest BCUT2D eigenvalue weighted by Gasteiger charge is 2.17. The molecule has 0 spiro atoms. The minimum atomic E-state index is -0.454. The van der Waals surface area contributed by atoms with Crippen LogP contribution in [0.15, 0.2) is 34.9 Å². The molecule has 142 valence electrons. The van der Waals surface area contributed by atoms with Crippen LogP contribution < -0.4 is 10.1 Å². The molecule has 1 aromatic carbocycles. The number of nitrogens with one attached hydrogen (secondary N) is 1. The molecule has 0 unspecified atom stereocenters. The number of aryl methyl sites for hydroxylation is 3. The summed E-state index contributed by atoms with van der Waals surface area (Å²) in [6, 6.07) is 10.0. The lowest BCUT2D eigenvalue weighted by molar-refractivity contribution is 0.199. The van der Waals surface area contributed by atoms with E-state index in [0.717, 1.165) is 46.1 Å². The summed E-state index contributed by atoms with van der Waals surface area (Å²) in [7, 11) is 0. The average Bonchev–Trinajstić information content (AvgIpc) is 3.16. The van der Waals surface area contributed by atoms with Gasteiger partial charge in [-0.25, -0.2) is 9.78 Å². The van der Waals surface area contributed by atoms with Crippen LogP contribution in [0.25, 0.3) is 11.3 Å². The highest BCUT2D eigenvalue weighted by atomic mass is 32.1. The number of thiazole rings is 1. The van der Waals surface area contributed by atoms with Gasteiger partial charge in [-0.05, 0) is 34.1 Å². The second-order valence-corrected chi connectivity index (χ2v) is 7.65. The SMILES string of the molecule is Cc1nc(CCc2c(-c3ccccc3)noc2C)sc1OC(=O)NC(C)C. The summed E-state index contributed by atoms with van der Waals surface area (Å²) in [6.07, 6.45) is 1.02. The average molecular weight is 385 g/mol. The van der Waals surface area contributed by atoms with Gasteiger partial charge in [0.2, 0.25) is 5.06 Å². The zero-order valence-electron chi connectivity index (χ0n) is 15.9. The highest BCUT2D eigenvalue weighted by molar-refractivity contribution is 7.13. The van der Waals surface area contributed by atoms with Crippen LogP contribution in [0.4, 0.5) is 4.79 Å². The Morgan fingerprint density at radius 2 is 1.96 bits per heavy atom. The lowest BCUT2D eigenvalue weighted by atomic mass is 10.0. The Morgan fingerprint density at radius 1 is 1.22 bits per heavy atom. The van der Waals surface area contributed by atoms with Crippen molar-refractivity contribution in [1.82, 2.24) is 15.5 Å². The molecule has 0 radical (unpaired) electrons. The maximum absolute atomic E-state index is 11.8. The summed E-state index contributed by atoms with van der Waals surface area (Å²) in [6.45, 7) is 7.54. The van der Waals surface area contributed by atoms with Gasteiger partial charge >= 0.3 is 6.09 Å². The molecule has 1 N–H and O–H groups in total. The Labute approximate surface area is 162 Å². The Hall–Kier alpha value is -2.67. The molecule has 1 amide bonds. The van der Waals surface area contributed by atoms with Crippen molar-refractivity contribution in [2.24, 2.45) is 0 Å². The first kappa shape index (κ1) is 19.1. The van der Waals surface area contributed by atoms with Crippen LogP contribution in [-0.4, -0.2) is 22.3 Å². The van der Waals surface area contributed by atoms with E-state index in [0.29, 0.717) is 5.06 Å². The Morgan fingerprint density at radius 3 is 2.67 bits per heavy atom. The minimum absolute atomic E-state index is 0.0261. The molecule has 0 aliphatic heterocycles. The predicted octanol–water partition coefficient (Wildman–Crippen LogP) is 4.70. The van der Waals surface area contributed by atoms with E-state index in [-0.39, 0.29) is 6.04 Å². The zero-order valence-corrected chi connectivity index (χ0v) is 16.7. The lowest BCUT2D eigenvalue weighted by Gasteiger charge is -2.07. The fraction of sp³-hybridized carbons (Fsp3) is 0.350. The van der Waals surface area contributed by atoms with Crippen LogP contribution in [0.1, 0.15) is 35.9 Å². The maximum atomic E-state index is 11.8. The first-order valence-electron chi connectivity index (χ1n) is 8.89. The number of nitrogens with zero attached hydrogens (tertiary/aromatic N) is 2. The molecular formula is C20H23N3O3S. The third-order valence-electron chi connectivity index (χ3n) is 4.01. The third kappa shape index (κ3) is 4.74. The first-order chi connectivity index (χ1) is 12.9. The summed E-state index contributed by atoms with van der Waals surface area (Å²) >= 11 is 1.40. The van der Waals surface area contributed by atoms with Gasteiger partial charge in [0.1, 0.15) is 11.5 Å². The minimum Gasteiger partial charge on any atom is -0.397 e. The van der Waals surface area contributed by atoms with E-state index in [1.807, 2.05) is 58.0 Å². The number of hydrogen-bond donors (Lipinski definition) is 1. The van der Waals surface area contributed by atoms with E-state index in [9.17, 15) is 4.79 Å². The van der Waals surface area contributed by atoms with Gasteiger partial charge in [0, 0.05) is 23.6 Å². The van der Waals surface area contributed by atoms with E-state index in [1.165, 1.54) is 11.3 Å². The first-order valence-corrected chi connectivity index (χ1v) is 9.71. The van der Waals surface area contributed by atoms with Gasteiger partial charge < -0.3 is 14.6 Å². The fourth-order valence-electron chi connectivity index (χ4n) is 2.73. The molecule has 0 aliphatic carbocycles. The molecule has 3 aromatic rings. The molecule has 3 rings (SSSR count). The normalized spacial score (nSPS) is 11.0. The predicted molar refractivity (Wildman–Crippen MR) is 105 cm³/mol. The number of ether oxygens (including phenoxy) is 1. The number of amides is 1. The molecule has 0 saturated heterocycles. The topological polar surface area (TPSA) is 77.2 Å². The second kappa shape index (κ2) is 8.35. The van der Waals surface area contributed by atoms with Gasteiger partial charge in [0.05, 0.1) is 10.7 Å². The van der Waals surface area contributed by atoms with Crippen molar-refractivity contribution in [3.8, 4) is 16.3 Å². The summed E-state index contributed by atoms with van der Waals surface area (Å²) in [5.74, 6) is 0.815. The number of carbonyl (C=O) groups is 1. The summed E-state index contributed by atoms with van der Waals surface area (Å²) in [5, 5.41) is 8.38. The van der Waals surface area contributed by atoms with Crippen molar-refractivity contribution in [2.45, 2.75) is 46.6 Å². The van der Waals surface area contributed by atoms with Crippen molar-refractivity contribution in [1.29, 1.82) is 0 Å². The van der Waals surface area contributed by atoms with Crippen molar-refractivity contribution in [3.63, 3.8) is 0 Å². The summed E-state index contributed by atoms with van der Waals surface area (Å²) < 4.78 is 10.8. The maximum Gasteiger partial charge on any atom is 0.413 e. The molecule has 27 heavy (non-hydrogen) atoms.